The van der Waals surface area contributed by atoms with E-state index in [9.17, 15) is 0 Å². The molecule has 0 aromatic carbocycles. The van der Waals surface area contributed by atoms with E-state index in [1.54, 1.807) is 28.0 Å². The summed E-state index contributed by atoms with van der Waals surface area (Å²) >= 11 is 82.4. The van der Waals surface area contributed by atoms with Crippen LogP contribution in [0.2, 0.25) is 0 Å². The maximum absolute atomic E-state index is 4.05. The van der Waals surface area contributed by atoms with Crippen LogP contribution in [0.5, 0.6) is 0 Å². The molecule has 0 atom stereocenters. The van der Waals surface area contributed by atoms with Crippen molar-refractivity contribution >= 4 is 341 Å². The van der Waals surface area contributed by atoms with Crippen LogP contribution in [0.3, 0.4) is 0 Å². The molecule has 0 bridgehead atoms. The molecule has 0 amide bonds. The van der Waals surface area contributed by atoms with Crippen LogP contribution >= 0.6 is 341 Å². The number of thiol groups is 14. The first-order valence-electron chi connectivity index (χ1n) is 43.0. The van der Waals surface area contributed by atoms with E-state index in [2.05, 4.69) is 364 Å². The summed E-state index contributed by atoms with van der Waals surface area (Å²) in [6.07, 6.45) is 65.9. The smallest absolute Gasteiger partial charge is 0.0177 e. The number of unbranched alkanes of at least 4 members (excludes halogenated alkanes) is 8. The molecule has 0 fully saturated rings. The number of hydrogen-bond acceptors (Lipinski definition) is 28. The van der Waals surface area contributed by atoms with E-state index in [-0.39, 0.29) is 0 Å². The summed E-state index contributed by atoms with van der Waals surface area (Å²) in [7, 11) is 0. The molecule has 28 heteroatoms. The first-order chi connectivity index (χ1) is 58.3. The van der Waals surface area contributed by atoms with Gasteiger partial charge in [0.05, 0.1) is 0 Å². The molecule has 0 radical (unpaired) electrons. The number of allylic oxidation sites excluding steroid dienone is 7. The van der Waals surface area contributed by atoms with Crippen molar-refractivity contribution in [2.45, 2.75) is 253 Å². The highest BCUT2D eigenvalue weighted by Gasteiger charge is 1.83. The Labute approximate surface area is 899 Å². The van der Waals surface area contributed by atoms with Gasteiger partial charge >= 0.3 is 0 Å². The second-order valence-corrected chi connectivity index (χ2v) is 43.2. The third-order valence-electron chi connectivity index (χ3n) is 10.7. The van der Waals surface area contributed by atoms with Crippen LogP contribution in [0.15, 0.2) is 82.4 Å². The number of rotatable bonds is 51. The van der Waals surface area contributed by atoms with E-state index in [4.69, 9.17) is 0 Å². The zero-order valence-corrected chi connectivity index (χ0v) is 106. The van der Waals surface area contributed by atoms with Crippen molar-refractivity contribution in [1.29, 1.82) is 0 Å². The first kappa shape index (κ1) is 177. The Kier molecular flexibility index (Phi) is 383. The lowest BCUT2D eigenvalue weighted by Gasteiger charge is -1.87. The molecular formula is C92H206S28. The molecule has 0 aromatic heterocycles. The summed E-state index contributed by atoms with van der Waals surface area (Å²) in [5, 5.41) is 7.37. The maximum atomic E-state index is 4.05. The average molecular weight is 2210 g/mol. The highest BCUT2D eigenvalue weighted by molar-refractivity contribution is 8.03. The van der Waals surface area contributed by atoms with Gasteiger partial charge in [-0.2, -0.15) is 330 Å². The summed E-state index contributed by atoms with van der Waals surface area (Å²) in [6.45, 7) is 36.2. The quantitative estimate of drug-likeness (QED) is 0.0121. The van der Waals surface area contributed by atoms with Crippen molar-refractivity contribution < 1.29 is 0 Å². The molecule has 0 unspecified atom stereocenters. The summed E-state index contributed by atoms with van der Waals surface area (Å²) in [5.41, 5.74) is 0. The van der Waals surface area contributed by atoms with E-state index in [1.807, 2.05) is 218 Å². The highest BCUT2D eigenvalue weighted by Crippen LogP contribution is 2.04. The molecule has 0 aliphatic heterocycles. The largest absolute Gasteiger partial charge is 0.179 e. The predicted molar refractivity (Wildman–Crippen MR) is 692 cm³/mol. The minimum atomic E-state index is 0.876. The van der Waals surface area contributed by atoms with E-state index >= 15 is 0 Å². The monoisotopic (exact) mass is 2210 g/mol. The molecule has 0 nitrogen and oxygen atoms in total. The third kappa shape index (κ3) is 427. The summed E-state index contributed by atoms with van der Waals surface area (Å²) in [5.74, 6) is 38.9. The van der Waals surface area contributed by atoms with Crippen molar-refractivity contribution in [3.05, 3.63) is 82.4 Å². The number of hydrogen-bond donors (Lipinski definition) is 14. The Bertz CT molecular complexity index is 1150. The van der Waals surface area contributed by atoms with Gasteiger partial charge in [0.15, 0.2) is 0 Å². The van der Waals surface area contributed by atoms with E-state index in [1.165, 1.54) is 195 Å². The molecule has 0 aliphatic rings. The van der Waals surface area contributed by atoms with Gasteiger partial charge in [-0.25, -0.2) is 0 Å². The van der Waals surface area contributed by atoms with Crippen LogP contribution in [-0.2, 0) is 0 Å². The van der Waals surface area contributed by atoms with Crippen LogP contribution in [0.1, 0.15) is 253 Å². The van der Waals surface area contributed by atoms with Crippen LogP contribution in [-0.4, -0.2) is 223 Å². The zero-order valence-electron chi connectivity index (χ0n) is 82.4. The van der Waals surface area contributed by atoms with Gasteiger partial charge in [-0.1, -0.05) is 189 Å². The van der Waals surface area contributed by atoms with Crippen molar-refractivity contribution in [2.75, 3.05) is 223 Å². The molecule has 0 heterocycles. The second-order valence-electron chi connectivity index (χ2n) is 21.9. The van der Waals surface area contributed by atoms with Gasteiger partial charge in [0.1, 0.15) is 0 Å². The van der Waals surface area contributed by atoms with Gasteiger partial charge in [0, 0.05) is 52.4 Å². The van der Waals surface area contributed by atoms with Crippen molar-refractivity contribution in [3.8, 4) is 11.8 Å². The average Bonchev–Trinajstić information content (AvgIpc) is 3.79. The van der Waals surface area contributed by atoms with Gasteiger partial charge in [-0.05, 0) is 317 Å². The first-order valence-corrected chi connectivity index (χ1v) is 69.8. The lowest BCUT2D eigenvalue weighted by atomic mass is 10.3. The van der Waals surface area contributed by atoms with Crippen LogP contribution in [0, 0.1) is 11.8 Å². The van der Waals surface area contributed by atoms with Crippen molar-refractivity contribution in [2.24, 2.45) is 0 Å². The minimum Gasteiger partial charge on any atom is -0.179 e. The maximum Gasteiger partial charge on any atom is 0.0177 e. The zero-order chi connectivity index (χ0) is 96.6. The summed E-state index contributed by atoms with van der Waals surface area (Å²) < 4.78 is 0. The van der Waals surface area contributed by atoms with E-state index in [0.717, 1.165) is 106 Å². The third-order valence-corrected chi connectivity index (χ3v) is 25.6. The van der Waals surface area contributed by atoms with Crippen molar-refractivity contribution in [3.63, 3.8) is 0 Å². The normalized spacial score (nSPS) is 9.33. The molecule has 0 spiro atoms. The fourth-order valence-corrected chi connectivity index (χ4v) is 14.8. The Morgan fingerprint density at radius 3 is 0.650 bits per heavy atom. The molecule has 742 valence electrons. The topological polar surface area (TPSA) is 0 Å². The molecule has 120 heavy (non-hydrogen) atoms. The van der Waals surface area contributed by atoms with Gasteiger partial charge in [0.25, 0.3) is 0 Å². The molecular weight excluding hydrogens is 2000 g/mol. The SMILES string of the molecule is C/C=C\CCS.C/C=C\CSC.C/C=C\CSC.C/C=C\SCC.CC#CCCS.CCC/C=C\S.CCCCCS.CCCCCS.CCCCSC.CCCCSC.CCCSCC.CCCSCC.CCSCCS.CCSCCS.CSC/C=C\S.CSCCCS.CSCCCS.CSCCSC.S/C=C\CCS.SCCCCS. The molecule has 0 rings (SSSR count). The number of thioether (sulfide) groups is 14. The predicted octanol–water partition coefficient (Wildman–Crippen LogP) is 37.9. The fourth-order valence-electron chi connectivity index (χ4n) is 4.63. The van der Waals surface area contributed by atoms with Gasteiger partial charge in [0.2, 0.25) is 0 Å². The molecule has 0 saturated carbocycles. The van der Waals surface area contributed by atoms with Gasteiger partial charge < -0.3 is 0 Å². The Hall–Kier alpha value is 7.54. The molecule has 0 saturated heterocycles. The van der Waals surface area contributed by atoms with Gasteiger partial charge in [-0.15, -0.1) is 23.6 Å². The van der Waals surface area contributed by atoms with E-state index in [0.29, 0.717) is 0 Å². The fraction of sp³-hybridized carbons (Fsp3) is 0.826. The van der Waals surface area contributed by atoms with Crippen molar-refractivity contribution in [1.82, 2.24) is 0 Å². The second kappa shape index (κ2) is 260. The minimum absolute atomic E-state index is 0.876. The lowest BCUT2D eigenvalue weighted by Crippen LogP contribution is -1.77. The van der Waals surface area contributed by atoms with Crippen LogP contribution in [0.4, 0.5) is 0 Å². The van der Waals surface area contributed by atoms with Crippen LogP contribution < -0.4 is 0 Å². The van der Waals surface area contributed by atoms with Gasteiger partial charge in [-0.3, -0.25) is 0 Å². The van der Waals surface area contributed by atoms with E-state index < -0.39 is 0 Å². The van der Waals surface area contributed by atoms with Crippen LogP contribution in [0.25, 0.3) is 0 Å². The summed E-state index contributed by atoms with van der Waals surface area (Å²) in [4.78, 5) is 0. The highest BCUT2D eigenvalue weighted by atomic mass is 32.2. The molecule has 0 aromatic rings. The Morgan fingerprint density at radius 2 is 0.533 bits per heavy atom. The molecule has 0 N–H and O–H groups in total. The standard InChI is InChI=1S/2C5H12S.2C5H10S.2C5H12S.C5H10S.2C5H12S.2C5H10S.C5H8S.3C4H10S2.C4H8S2.3C4H10S2.C4H8S2/c4*1-3-4-5-6-2;3*1-3-5-6-4-2;5*1-2-3-4-5-6;1-5-3-4-6-2;3*1-6-4-2-3-5;2*1-2-6-4-3-5;2*5-3-1-2-4-6/h2*3-5H2,1-2H3;2*3-4H,5H2,1-2H3;2*3-5H2,1-2H3;3,5H,4H2,1-2H3;2*6H,2-5H2,1H3;4-6H,2-3H2,1H3;2-3,6H,4-5H2,1H3;6H,4-5H2,1H3;3-4H2,1-2H3;2*5H,2-4H2,1H3;2-3,5H,4H2,1H3;2*5H,2-4H2,1H3;5-6H,1-4H2;1,3,5-6H,2,4H2/b;;2*4-3-;;;5-3-;;;5-4-;3-2-;;;;;3-2-;;;;3-1-. The lowest BCUT2D eigenvalue weighted by molar-refractivity contribution is 0.780. The summed E-state index contributed by atoms with van der Waals surface area (Å²) in [6, 6.07) is 0. The molecule has 0 aliphatic carbocycles. The Morgan fingerprint density at radius 1 is 0.242 bits per heavy atom. The Balaban J connectivity index is -0.0000000487.